The second kappa shape index (κ2) is 10.8. The van der Waals surface area contributed by atoms with Crippen LogP contribution in [0.25, 0.3) is 11.2 Å². The molecule has 0 aliphatic carbocycles. The Hall–Kier alpha value is -2.27. The molecule has 1 aliphatic heterocycles. The molecule has 3 N–H and O–H groups in total. The van der Waals surface area contributed by atoms with Gasteiger partial charge in [-0.1, -0.05) is 0 Å². The Morgan fingerprint density at radius 2 is 2.24 bits per heavy atom. The van der Waals surface area contributed by atoms with Crippen LogP contribution in [0.2, 0.25) is 0 Å². The maximum atomic E-state index is 12.5. The number of fused-ring (bicyclic) bond motifs is 1. The Labute approximate surface area is 196 Å². The molecule has 0 spiro atoms. The molecule has 1 aliphatic rings. The summed E-state index contributed by atoms with van der Waals surface area (Å²) in [5.74, 6) is -0.693. The van der Waals surface area contributed by atoms with Gasteiger partial charge in [-0.3, -0.25) is 29.3 Å². The van der Waals surface area contributed by atoms with Gasteiger partial charge in [0.25, 0.3) is 11.5 Å². The molecule has 0 saturated carbocycles. The smallest absolute Gasteiger partial charge is 0.280 e. The molecule has 0 aromatic carbocycles. The first kappa shape index (κ1) is 23.9. The lowest BCUT2D eigenvalue weighted by molar-refractivity contribution is -0.116. The molecular formula is C18H22N6O6P2S. The van der Waals surface area contributed by atoms with Crippen LogP contribution in [0.1, 0.15) is 29.4 Å². The average Bonchev–Trinajstić information content (AvgIpc) is 3.53. The van der Waals surface area contributed by atoms with Gasteiger partial charge in [-0.25, -0.2) is 4.98 Å². The number of carbonyl (C=O) groups excluding carboxylic acids is 2. The van der Waals surface area contributed by atoms with E-state index in [1.807, 2.05) is 0 Å². The molecule has 33 heavy (non-hydrogen) atoms. The first-order chi connectivity index (χ1) is 16.0. The molecule has 1 saturated heterocycles. The number of aromatic amines is 1. The van der Waals surface area contributed by atoms with Crippen molar-refractivity contribution in [2.24, 2.45) is 0 Å². The summed E-state index contributed by atoms with van der Waals surface area (Å²) in [6.45, 7) is 0.446. The summed E-state index contributed by atoms with van der Waals surface area (Å²) in [6, 6.07) is 1.70. The molecule has 3 aromatic heterocycles. The number of thiophene rings is 1. The summed E-state index contributed by atoms with van der Waals surface area (Å²) in [5, 5.41) is 8.74. The van der Waals surface area contributed by atoms with Gasteiger partial charge in [0.1, 0.15) is 12.3 Å². The molecule has 2 unspecified atom stereocenters. The van der Waals surface area contributed by atoms with Gasteiger partial charge in [-0.05, 0) is 11.4 Å². The van der Waals surface area contributed by atoms with Crippen molar-refractivity contribution in [1.29, 1.82) is 0 Å². The topological polar surface area (TPSA) is 149 Å². The quantitative estimate of drug-likeness (QED) is 0.362. The third kappa shape index (κ3) is 5.46. The monoisotopic (exact) mass is 512 g/mol. The average molecular weight is 512 g/mol. The highest BCUT2D eigenvalue weighted by Gasteiger charge is 2.37. The summed E-state index contributed by atoms with van der Waals surface area (Å²) < 4.78 is 18.1. The molecule has 15 heteroatoms. The first-order valence-electron chi connectivity index (χ1n) is 9.90. The number of ether oxygens (including phenoxy) is 1. The van der Waals surface area contributed by atoms with Gasteiger partial charge in [-0.15, -0.1) is 0 Å². The lowest BCUT2D eigenvalue weighted by Gasteiger charge is -2.15. The fraction of sp³-hybridized carbons (Fsp3) is 0.389. The number of H-pyrrole nitrogens is 1. The summed E-state index contributed by atoms with van der Waals surface area (Å²) in [6.07, 6.45) is 0.944. The number of hydrogen-bond acceptors (Lipinski definition) is 9. The minimum absolute atomic E-state index is 0.00647. The van der Waals surface area contributed by atoms with Crippen LogP contribution in [0.5, 0.6) is 0 Å². The number of aromatic nitrogens is 4. The summed E-state index contributed by atoms with van der Waals surface area (Å²) in [7, 11) is 4.40. The van der Waals surface area contributed by atoms with E-state index < -0.39 is 17.7 Å². The van der Waals surface area contributed by atoms with Gasteiger partial charge in [0.2, 0.25) is 11.9 Å². The molecule has 176 valence electrons. The van der Waals surface area contributed by atoms with Crippen LogP contribution in [-0.4, -0.2) is 56.7 Å². The number of nitrogens with one attached hydrogen (secondary N) is 3. The highest BCUT2D eigenvalue weighted by atomic mass is 32.1. The van der Waals surface area contributed by atoms with Crippen LogP contribution in [0, 0.1) is 0 Å². The van der Waals surface area contributed by atoms with Crippen molar-refractivity contribution in [2.75, 3.05) is 18.5 Å². The van der Waals surface area contributed by atoms with Crippen LogP contribution in [-0.2, 0) is 18.6 Å². The van der Waals surface area contributed by atoms with Crippen molar-refractivity contribution in [1.82, 2.24) is 24.8 Å². The molecule has 12 nitrogen and oxygen atoms in total. The van der Waals surface area contributed by atoms with E-state index >= 15 is 0 Å². The Kier molecular flexibility index (Phi) is 7.79. The molecule has 0 radical (unpaired) electrons. The molecule has 4 heterocycles. The van der Waals surface area contributed by atoms with Crippen LogP contribution >= 0.6 is 30.3 Å². The Balaban J connectivity index is 1.43. The molecule has 2 amide bonds. The number of carbonyl (C=O) groups is 2. The van der Waals surface area contributed by atoms with Crippen LogP contribution in [0.3, 0.4) is 0 Å². The molecule has 4 rings (SSSR count). The second-order valence-electron chi connectivity index (χ2n) is 7.18. The second-order valence-corrected chi connectivity index (χ2v) is 8.56. The highest BCUT2D eigenvalue weighted by molar-refractivity contribution is 7.10. The third-order valence-electron chi connectivity index (χ3n) is 5.04. The van der Waals surface area contributed by atoms with Gasteiger partial charge >= 0.3 is 0 Å². The predicted molar refractivity (Wildman–Crippen MR) is 127 cm³/mol. The normalized spacial score (nSPS) is 20.2. The zero-order valence-corrected chi connectivity index (χ0v) is 20.3. The number of anilines is 1. The fourth-order valence-corrected chi connectivity index (χ4v) is 4.55. The summed E-state index contributed by atoms with van der Waals surface area (Å²) in [5.41, 5.74) is 0.426. The van der Waals surface area contributed by atoms with Gasteiger partial charge in [0.05, 0.1) is 19.0 Å². The van der Waals surface area contributed by atoms with Crippen molar-refractivity contribution in [3.63, 3.8) is 0 Å². The third-order valence-corrected chi connectivity index (χ3v) is 6.26. The van der Waals surface area contributed by atoms with E-state index in [4.69, 9.17) is 13.8 Å². The van der Waals surface area contributed by atoms with E-state index in [1.165, 1.54) is 17.7 Å². The summed E-state index contributed by atoms with van der Waals surface area (Å²) >= 11 is 1.41. The Morgan fingerprint density at radius 1 is 1.39 bits per heavy atom. The van der Waals surface area contributed by atoms with E-state index in [1.54, 1.807) is 21.4 Å². The number of rotatable bonds is 9. The summed E-state index contributed by atoms with van der Waals surface area (Å²) in [4.78, 5) is 47.7. The highest BCUT2D eigenvalue weighted by Crippen LogP contribution is 2.33. The van der Waals surface area contributed by atoms with E-state index in [0.29, 0.717) is 18.6 Å². The maximum Gasteiger partial charge on any atom is 0.280 e. The SMILES string of the molecule is O=C(CCNC(=O)c1ccsc1)Nc1nc2c(ncn2[C@H]2C[C@@H](OP)[C@@H](COP)O2)c(=O)[nH]1. The van der Waals surface area contributed by atoms with Gasteiger partial charge in [0, 0.05) is 49.3 Å². The van der Waals surface area contributed by atoms with E-state index in [0.717, 1.165) is 0 Å². The standard InChI is InChI=1S/C18H22N6O6P2S/c25-12(1-3-19-16(26)9-2-4-33-7-9)21-18-22-15-14(17(27)23-18)20-8-24(15)13-5-10(30-32)11(29-13)6-28-31/h2,4,7-8,10-11,13H,1,3,5-6,31-32H2,(H,19,26)(H2,21,22,23,25,27)/t10-,11-,13-/m1/s1. The van der Waals surface area contributed by atoms with Gasteiger partial charge in [-0.2, -0.15) is 16.3 Å². The largest absolute Gasteiger partial charge is 0.363 e. The van der Waals surface area contributed by atoms with Crippen molar-refractivity contribution in [3.05, 3.63) is 39.1 Å². The molecular weight excluding hydrogens is 490 g/mol. The minimum Gasteiger partial charge on any atom is -0.363 e. The predicted octanol–water partition coefficient (Wildman–Crippen LogP) is 1.21. The fourth-order valence-electron chi connectivity index (χ4n) is 3.44. The number of imidazole rings is 1. The van der Waals surface area contributed by atoms with Gasteiger partial charge in [0.15, 0.2) is 11.2 Å². The maximum absolute atomic E-state index is 12.5. The van der Waals surface area contributed by atoms with Crippen molar-refractivity contribution in [2.45, 2.75) is 31.3 Å². The zero-order valence-electron chi connectivity index (χ0n) is 17.2. The Bertz CT molecular complexity index is 1190. The van der Waals surface area contributed by atoms with Crippen LogP contribution in [0.15, 0.2) is 27.9 Å². The number of nitrogens with zero attached hydrogens (tertiary/aromatic N) is 3. The molecule has 3 aromatic rings. The van der Waals surface area contributed by atoms with Gasteiger partial charge < -0.3 is 19.1 Å². The molecule has 5 atom stereocenters. The van der Waals surface area contributed by atoms with E-state index in [-0.39, 0.29) is 48.2 Å². The zero-order chi connectivity index (χ0) is 23.4. The van der Waals surface area contributed by atoms with Crippen molar-refractivity contribution in [3.8, 4) is 0 Å². The number of hydrogen-bond donors (Lipinski definition) is 3. The molecule has 1 fully saturated rings. The number of amides is 2. The van der Waals surface area contributed by atoms with Crippen LogP contribution < -0.4 is 16.2 Å². The molecule has 0 bridgehead atoms. The lowest BCUT2D eigenvalue weighted by Crippen LogP contribution is -2.28. The minimum atomic E-state index is -0.499. The first-order valence-corrected chi connectivity index (χ1v) is 11.8. The Morgan fingerprint density at radius 3 is 2.97 bits per heavy atom. The van der Waals surface area contributed by atoms with Crippen molar-refractivity contribution >= 4 is 59.2 Å². The lowest BCUT2D eigenvalue weighted by atomic mass is 10.2. The van der Waals surface area contributed by atoms with E-state index in [2.05, 4.69) is 44.5 Å². The van der Waals surface area contributed by atoms with Crippen molar-refractivity contribution < 1.29 is 23.4 Å². The van der Waals surface area contributed by atoms with E-state index in [9.17, 15) is 14.4 Å². The van der Waals surface area contributed by atoms with Crippen LogP contribution in [0.4, 0.5) is 5.95 Å².